The quantitative estimate of drug-likeness (QED) is 0.692. The monoisotopic (exact) mass is 319 g/mol. The molecule has 0 saturated carbocycles. The van der Waals surface area contributed by atoms with E-state index in [4.69, 9.17) is 0 Å². The molecule has 0 bridgehead atoms. The van der Waals surface area contributed by atoms with Crippen LogP contribution < -0.4 is 5.32 Å². The number of aromatic amines is 2. The van der Waals surface area contributed by atoms with Gasteiger partial charge < -0.3 is 10.3 Å². The Morgan fingerprint density at radius 3 is 3.11 bits per heavy atom. The summed E-state index contributed by atoms with van der Waals surface area (Å²) in [5.74, 6) is 0. The number of nitrogens with one attached hydrogen (secondary N) is 3. The first-order chi connectivity index (χ1) is 9.29. The molecule has 3 N–H and O–H groups in total. The summed E-state index contributed by atoms with van der Waals surface area (Å²) in [4.78, 5) is 7.33. The highest BCUT2D eigenvalue weighted by molar-refractivity contribution is 9.10. The minimum absolute atomic E-state index is 0.913. The molecule has 0 aliphatic rings. The van der Waals surface area contributed by atoms with Gasteiger partial charge in [-0.1, -0.05) is 6.07 Å². The van der Waals surface area contributed by atoms with Gasteiger partial charge in [-0.2, -0.15) is 5.10 Å². The van der Waals surface area contributed by atoms with Gasteiger partial charge >= 0.3 is 0 Å². The molecule has 1 aromatic carbocycles. The Labute approximate surface area is 119 Å². The number of likely N-dealkylation sites (N-methyl/N-ethyl adjacent to an activating group) is 1. The van der Waals surface area contributed by atoms with Gasteiger partial charge in [0.25, 0.3) is 0 Å². The summed E-state index contributed by atoms with van der Waals surface area (Å²) in [6.07, 6.45) is 2.61. The first-order valence-corrected chi connectivity index (χ1v) is 6.89. The third-order valence-corrected chi connectivity index (χ3v) is 3.95. The molecule has 0 aliphatic heterocycles. The molecule has 2 aromatic heterocycles. The van der Waals surface area contributed by atoms with Gasteiger partial charge in [-0.3, -0.25) is 5.10 Å². The number of rotatable bonds is 4. The number of hydrogen-bond donors (Lipinski definition) is 3. The first-order valence-electron chi connectivity index (χ1n) is 6.10. The van der Waals surface area contributed by atoms with Gasteiger partial charge in [0.1, 0.15) is 5.69 Å². The van der Waals surface area contributed by atoms with Crippen LogP contribution >= 0.6 is 15.9 Å². The molecule has 3 rings (SSSR count). The van der Waals surface area contributed by atoms with Crippen molar-refractivity contribution in [2.75, 3.05) is 13.6 Å². The third-order valence-electron chi connectivity index (χ3n) is 3.09. The molecule has 6 heteroatoms. The normalized spacial score (nSPS) is 11.3. The van der Waals surface area contributed by atoms with Crippen molar-refractivity contribution in [3.8, 4) is 11.3 Å². The second-order valence-electron chi connectivity index (χ2n) is 4.35. The van der Waals surface area contributed by atoms with Gasteiger partial charge in [-0.05, 0) is 35.1 Å². The van der Waals surface area contributed by atoms with E-state index in [1.54, 1.807) is 6.33 Å². The van der Waals surface area contributed by atoms with Crippen LogP contribution in [0.4, 0.5) is 0 Å². The van der Waals surface area contributed by atoms with E-state index in [-0.39, 0.29) is 0 Å². The van der Waals surface area contributed by atoms with Crippen LogP contribution in [0.5, 0.6) is 0 Å². The lowest BCUT2D eigenvalue weighted by atomic mass is 10.1. The van der Waals surface area contributed by atoms with Crippen molar-refractivity contribution in [3.05, 3.63) is 34.7 Å². The van der Waals surface area contributed by atoms with Crippen molar-refractivity contribution in [2.24, 2.45) is 0 Å². The summed E-state index contributed by atoms with van der Waals surface area (Å²) < 4.78 is 1.03. The molecule has 0 radical (unpaired) electrons. The molecule has 19 heavy (non-hydrogen) atoms. The molecular weight excluding hydrogens is 306 g/mol. The molecule has 0 atom stereocenters. The molecule has 0 fully saturated rings. The predicted octanol–water partition coefficient (Wildman–Crippen LogP) is 2.48. The third kappa shape index (κ3) is 2.29. The molecule has 0 aliphatic carbocycles. The average molecular weight is 320 g/mol. The fourth-order valence-corrected chi connectivity index (χ4v) is 2.66. The van der Waals surface area contributed by atoms with Crippen LogP contribution in [-0.4, -0.2) is 33.8 Å². The van der Waals surface area contributed by atoms with Gasteiger partial charge in [0.2, 0.25) is 0 Å². The highest BCUT2D eigenvalue weighted by atomic mass is 79.9. The lowest BCUT2D eigenvalue weighted by Gasteiger charge is -2.00. The second-order valence-corrected chi connectivity index (χ2v) is 5.15. The van der Waals surface area contributed by atoms with Crippen molar-refractivity contribution in [2.45, 2.75) is 6.42 Å². The number of fused-ring (bicyclic) bond motifs is 1. The predicted molar refractivity (Wildman–Crippen MR) is 79.0 cm³/mol. The summed E-state index contributed by atoms with van der Waals surface area (Å²) in [6, 6.07) is 6.09. The van der Waals surface area contributed by atoms with E-state index in [1.165, 1.54) is 0 Å². The van der Waals surface area contributed by atoms with Crippen molar-refractivity contribution in [1.29, 1.82) is 0 Å². The van der Waals surface area contributed by atoms with Crippen LogP contribution in [0.2, 0.25) is 0 Å². The van der Waals surface area contributed by atoms with Crippen molar-refractivity contribution in [3.63, 3.8) is 0 Å². The SMILES string of the molecule is CNCCc1[nH]nc(-c2ccc3nc[nH]c3c2)c1Br. The number of halogens is 1. The highest BCUT2D eigenvalue weighted by Crippen LogP contribution is 2.30. The van der Waals surface area contributed by atoms with E-state index in [0.29, 0.717) is 0 Å². The number of aromatic nitrogens is 4. The van der Waals surface area contributed by atoms with E-state index >= 15 is 0 Å². The fourth-order valence-electron chi connectivity index (χ4n) is 2.05. The van der Waals surface area contributed by atoms with Crippen molar-refractivity contribution < 1.29 is 0 Å². The Kier molecular flexibility index (Phi) is 3.35. The van der Waals surface area contributed by atoms with E-state index < -0.39 is 0 Å². The van der Waals surface area contributed by atoms with E-state index in [9.17, 15) is 0 Å². The molecular formula is C13H14BrN5. The summed E-state index contributed by atoms with van der Waals surface area (Å²) in [5.41, 5.74) is 5.09. The van der Waals surface area contributed by atoms with E-state index in [1.807, 2.05) is 19.2 Å². The highest BCUT2D eigenvalue weighted by Gasteiger charge is 2.12. The van der Waals surface area contributed by atoms with Crippen molar-refractivity contribution >= 4 is 27.0 Å². The summed E-state index contributed by atoms with van der Waals surface area (Å²) in [5, 5.41) is 10.6. The van der Waals surface area contributed by atoms with Gasteiger partial charge in [-0.25, -0.2) is 4.98 Å². The lowest BCUT2D eigenvalue weighted by Crippen LogP contribution is -2.10. The zero-order valence-electron chi connectivity index (χ0n) is 10.5. The van der Waals surface area contributed by atoms with Gasteiger partial charge in [0.15, 0.2) is 0 Å². The van der Waals surface area contributed by atoms with Crippen LogP contribution in [-0.2, 0) is 6.42 Å². The fraction of sp³-hybridized carbons (Fsp3) is 0.231. The number of H-pyrrole nitrogens is 2. The van der Waals surface area contributed by atoms with Gasteiger partial charge in [0, 0.05) is 18.5 Å². The van der Waals surface area contributed by atoms with Crippen LogP contribution in [0.25, 0.3) is 22.3 Å². The van der Waals surface area contributed by atoms with Crippen LogP contribution in [0.15, 0.2) is 29.0 Å². The van der Waals surface area contributed by atoms with E-state index in [2.05, 4.69) is 47.5 Å². The Balaban J connectivity index is 1.98. The largest absolute Gasteiger partial charge is 0.345 e. The minimum Gasteiger partial charge on any atom is -0.345 e. The Morgan fingerprint density at radius 1 is 1.37 bits per heavy atom. The smallest absolute Gasteiger partial charge is 0.107 e. The topological polar surface area (TPSA) is 69.4 Å². The molecule has 0 unspecified atom stereocenters. The maximum Gasteiger partial charge on any atom is 0.107 e. The Hall–Kier alpha value is -1.66. The molecule has 0 amide bonds. The molecule has 2 heterocycles. The summed E-state index contributed by atoms with van der Waals surface area (Å²) >= 11 is 3.63. The molecule has 3 aromatic rings. The molecule has 0 saturated heterocycles. The molecule has 98 valence electrons. The lowest BCUT2D eigenvalue weighted by molar-refractivity contribution is 0.770. The minimum atomic E-state index is 0.913. The zero-order valence-corrected chi connectivity index (χ0v) is 12.1. The first kappa shape index (κ1) is 12.4. The zero-order chi connectivity index (χ0) is 13.2. The summed E-state index contributed by atoms with van der Waals surface area (Å²) in [7, 11) is 1.94. The second kappa shape index (κ2) is 5.14. The standard InChI is InChI=1S/C13H14BrN5/c1-15-5-4-10-12(14)13(19-18-10)8-2-3-9-11(6-8)17-7-16-9/h2-3,6-7,15H,4-5H2,1H3,(H,16,17)(H,18,19). The number of benzene rings is 1. The van der Waals surface area contributed by atoms with Crippen LogP contribution in [0.1, 0.15) is 5.69 Å². The average Bonchev–Trinajstić information content (AvgIpc) is 3.02. The maximum atomic E-state index is 4.40. The van der Waals surface area contributed by atoms with Crippen molar-refractivity contribution in [1.82, 2.24) is 25.5 Å². The van der Waals surface area contributed by atoms with Crippen LogP contribution in [0, 0.1) is 0 Å². The number of imidazole rings is 1. The molecule has 5 nitrogen and oxygen atoms in total. The van der Waals surface area contributed by atoms with Crippen LogP contribution in [0.3, 0.4) is 0 Å². The van der Waals surface area contributed by atoms with E-state index in [0.717, 1.165) is 45.4 Å². The Bertz CT molecular complexity index is 700. The number of nitrogens with zero attached hydrogens (tertiary/aromatic N) is 2. The maximum absolute atomic E-state index is 4.40. The Morgan fingerprint density at radius 2 is 2.26 bits per heavy atom. The van der Waals surface area contributed by atoms with Gasteiger partial charge in [0.05, 0.1) is 27.5 Å². The number of hydrogen-bond acceptors (Lipinski definition) is 3. The van der Waals surface area contributed by atoms with Gasteiger partial charge in [-0.15, -0.1) is 0 Å². The summed E-state index contributed by atoms with van der Waals surface area (Å²) in [6.45, 7) is 0.916. The molecule has 0 spiro atoms.